The Morgan fingerprint density at radius 3 is 2.12 bits per heavy atom. The van der Waals surface area contributed by atoms with E-state index in [-0.39, 0.29) is 0 Å². The average molecular weight is 238 g/mol. The summed E-state index contributed by atoms with van der Waals surface area (Å²) in [5, 5.41) is 0. The molecule has 0 aromatic carbocycles. The van der Waals surface area contributed by atoms with E-state index in [0.717, 1.165) is 44.4 Å². The number of rotatable bonds is 2. The molecule has 98 valence electrons. The highest BCUT2D eigenvalue weighted by atomic mass is 15.3. The molecular formula is C13H26N4. The van der Waals surface area contributed by atoms with Gasteiger partial charge in [-0.05, 0) is 34.6 Å². The maximum absolute atomic E-state index is 4.53. The van der Waals surface area contributed by atoms with Gasteiger partial charge in [0, 0.05) is 44.5 Å². The van der Waals surface area contributed by atoms with Crippen LogP contribution in [-0.2, 0) is 0 Å². The molecule has 1 heterocycles. The minimum Gasteiger partial charge on any atom is -0.339 e. The summed E-state index contributed by atoms with van der Waals surface area (Å²) in [5.74, 6) is 0.913. The molecule has 0 saturated carbocycles. The molecule has 0 aromatic rings. The zero-order valence-electron chi connectivity index (χ0n) is 11.9. The van der Waals surface area contributed by atoms with Crippen LogP contribution in [0.5, 0.6) is 0 Å². The lowest BCUT2D eigenvalue weighted by Gasteiger charge is -2.37. The number of hydrogen-bond donors (Lipinski definition) is 0. The third kappa shape index (κ3) is 4.46. The Labute approximate surface area is 105 Å². The molecule has 0 unspecified atom stereocenters. The maximum Gasteiger partial charge on any atom is 0.220 e. The van der Waals surface area contributed by atoms with Crippen molar-refractivity contribution in [3.8, 4) is 0 Å². The Morgan fingerprint density at radius 1 is 1.12 bits per heavy atom. The van der Waals surface area contributed by atoms with Gasteiger partial charge in [-0.2, -0.15) is 0 Å². The lowest BCUT2D eigenvalue weighted by molar-refractivity contribution is 0.148. The van der Waals surface area contributed by atoms with Crippen molar-refractivity contribution >= 4 is 11.7 Å². The second-order valence-corrected chi connectivity index (χ2v) is 4.95. The molecular weight excluding hydrogens is 212 g/mol. The van der Waals surface area contributed by atoms with Gasteiger partial charge in [0.2, 0.25) is 5.96 Å². The molecule has 0 bridgehead atoms. The van der Waals surface area contributed by atoms with E-state index >= 15 is 0 Å². The molecule has 1 fully saturated rings. The number of guanidine groups is 1. The fraction of sp³-hybridized carbons (Fsp3) is 0.846. The Balaban J connectivity index is 2.62. The molecule has 0 atom stereocenters. The van der Waals surface area contributed by atoms with E-state index < -0.39 is 0 Å². The first kappa shape index (κ1) is 14.2. The van der Waals surface area contributed by atoms with Crippen LogP contribution in [-0.4, -0.2) is 60.2 Å². The van der Waals surface area contributed by atoms with E-state index in [9.17, 15) is 0 Å². The van der Waals surface area contributed by atoms with Crippen molar-refractivity contribution in [2.45, 2.75) is 40.7 Å². The summed E-state index contributed by atoms with van der Waals surface area (Å²) in [6.45, 7) is 15.7. The molecule has 17 heavy (non-hydrogen) atoms. The zero-order chi connectivity index (χ0) is 12.8. The topological polar surface area (TPSA) is 31.2 Å². The number of nitrogens with zero attached hydrogens (tertiary/aromatic N) is 4. The smallest absolute Gasteiger partial charge is 0.220 e. The fourth-order valence-electron chi connectivity index (χ4n) is 1.99. The van der Waals surface area contributed by atoms with Crippen LogP contribution in [0.3, 0.4) is 0 Å². The van der Waals surface area contributed by atoms with Crippen LogP contribution in [0.2, 0.25) is 0 Å². The number of hydrogen-bond acceptors (Lipinski definition) is 2. The first-order valence-corrected chi connectivity index (χ1v) is 6.60. The molecule has 0 spiro atoms. The quantitative estimate of drug-likeness (QED) is 0.543. The molecule has 1 aliphatic rings. The van der Waals surface area contributed by atoms with Gasteiger partial charge in [0.05, 0.1) is 0 Å². The molecule has 1 rings (SSSR count). The predicted molar refractivity (Wildman–Crippen MR) is 75.0 cm³/mol. The van der Waals surface area contributed by atoms with Crippen LogP contribution in [0, 0.1) is 0 Å². The molecule has 1 aliphatic heterocycles. The molecule has 0 aromatic heterocycles. The van der Waals surface area contributed by atoms with E-state index in [1.807, 2.05) is 13.8 Å². The van der Waals surface area contributed by atoms with Gasteiger partial charge >= 0.3 is 0 Å². The molecule has 0 amide bonds. The highest BCUT2D eigenvalue weighted by molar-refractivity contribution is 5.94. The standard InChI is InChI=1S/C13H26N4/c1-6-14-13(15-11(2)3)17-9-7-16(8-10-17)12(4)5/h12H,6-10H2,1-5H3. The molecule has 4 heteroatoms. The van der Waals surface area contributed by atoms with Gasteiger partial charge in [0.25, 0.3) is 0 Å². The van der Waals surface area contributed by atoms with Crippen LogP contribution in [0.1, 0.15) is 34.6 Å². The van der Waals surface area contributed by atoms with Gasteiger partial charge in [-0.1, -0.05) is 0 Å². The van der Waals surface area contributed by atoms with Crippen LogP contribution in [0.15, 0.2) is 9.98 Å². The van der Waals surface area contributed by atoms with Gasteiger partial charge in [-0.3, -0.25) is 9.89 Å². The summed E-state index contributed by atoms with van der Waals surface area (Å²) in [4.78, 5) is 13.8. The van der Waals surface area contributed by atoms with Crippen LogP contribution in [0.4, 0.5) is 0 Å². The summed E-state index contributed by atoms with van der Waals surface area (Å²) in [6, 6.07) is 0.639. The van der Waals surface area contributed by atoms with Crippen LogP contribution in [0.25, 0.3) is 0 Å². The van der Waals surface area contributed by atoms with Crippen LogP contribution < -0.4 is 0 Å². The highest BCUT2D eigenvalue weighted by Crippen LogP contribution is 2.07. The van der Waals surface area contributed by atoms with Crippen molar-refractivity contribution < 1.29 is 0 Å². The molecule has 4 nitrogen and oxygen atoms in total. The van der Waals surface area contributed by atoms with Gasteiger partial charge in [-0.25, -0.2) is 4.99 Å². The van der Waals surface area contributed by atoms with Gasteiger partial charge in [0.15, 0.2) is 0 Å². The molecule has 0 N–H and O–H groups in total. The average Bonchev–Trinajstić information content (AvgIpc) is 2.28. The molecule has 0 aliphatic carbocycles. The lowest BCUT2D eigenvalue weighted by atomic mass is 10.2. The van der Waals surface area contributed by atoms with E-state index in [4.69, 9.17) is 0 Å². The SMILES string of the molecule is CCN=C(N=C(C)C)N1CCN(C(C)C)CC1. The van der Waals surface area contributed by atoms with Crippen molar-refractivity contribution in [2.24, 2.45) is 9.98 Å². The number of piperazine rings is 1. The van der Waals surface area contributed by atoms with Gasteiger partial charge in [0.1, 0.15) is 0 Å². The largest absolute Gasteiger partial charge is 0.339 e. The minimum atomic E-state index is 0.639. The summed E-state index contributed by atoms with van der Waals surface area (Å²) < 4.78 is 0. The second kappa shape index (κ2) is 6.74. The third-order valence-corrected chi connectivity index (χ3v) is 2.95. The molecule has 1 saturated heterocycles. The summed E-state index contributed by atoms with van der Waals surface area (Å²) in [5.41, 5.74) is 1.07. The summed E-state index contributed by atoms with van der Waals surface area (Å²) in [7, 11) is 0. The number of aliphatic imine (C=N–C) groups is 2. The second-order valence-electron chi connectivity index (χ2n) is 4.95. The van der Waals surface area contributed by atoms with Crippen LogP contribution >= 0.6 is 0 Å². The van der Waals surface area contributed by atoms with E-state index in [2.05, 4.69) is 40.6 Å². The van der Waals surface area contributed by atoms with E-state index in [1.165, 1.54) is 0 Å². The van der Waals surface area contributed by atoms with Crippen molar-refractivity contribution in [3.63, 3.8) is 0 Å². The first-order valence-electron chi connectivity index (χ1n) is 6.60. The first-order chi connectivity index (χ1) is 8.04. The maximum atomic E-state index is 4.53. The fourth-order valence-corrected chi connectivity index (χ4v) is 1.99. The normalized spacial score (nSPS) is 18.7. The predicted octanol–water partition coefficient (Wildman–Crippen LogP) is 1.87. The Kier molecular flexibility index (Phi) is 5.62. The minimum absolute atomic E-state index is 0.639. The van der Waals surface area contributed by atoms with Crippen molar-refractivity contribution in [1.29, 1.82) is 0 Å². The summed E-state index contributed by atoms with van der Waals surface area (Å²) >= 11 is 0. The van der Waals surface area contributed by atoms with E-state index in [0.29, 0.717) is 6.04 Å². The Morgan fingerprint density at radius 2 is 1.71 bits per heavy atom. The summed E-state index contributed by atoms with van der Waals surface area (Å²) in [6.07, 6.45) is 0. The van der Waals surface area contributed by atoms with E-state index in [1.54, 1.807) is 0 Å². The molecule has 0 radical (unpaired) electrons. The Hall–Kier alpha value is -0.900. The monoisotopic (exact) mass is 238 g/mol. The highest BCUT2D eigenvalue weighted by Gasteiger charge is 2.20. The van der Waals surface area contributed by atoms with Crippen molar-refractivity contribution in [1.82, 2.24) is 9.80 Å². The van der Waals surface area contributed by atoms with Gasteiger partial charge in [-0.15, -0.1) is 0 Å². The van der Waals surface area contributed by atoms with Gasteiger partial charge < -0.3 is 4.90 Å². The third-order valence-electron chi connectivity index (χ3n) is 2.95. The lowest BCUT2D eigenvalue weighted by Crippen LogP contribution is -2.50. The van der Waals surface area contributed by atoms with Crippen molar-refractivity contribution in [3.05, 3.63) is 0 Å². The van der Waals surface area contributed by atoms with Crippen molar-refractivity contribution in [2.75, 3.05) is 32.7 Å². The zero-order valence-corrected chi connectivity index (χ0v) is 11.9. The Bertz CT molecular complexity index is 282.